The van der Waals surface area contributed by atoms with Crippen molar-refractivity contribution in [1.82, 2.24) is 9.62 Å². The largest absolute Gasteiger partial charge is 0.378 e. The number of nitrogens with zero attached hydrogens (tertiary/aromatic N) is 1. The van der Waals surface area contributed by atoms with E-state index >= 15 is 0 Å². The Kier molecular flexibility index (Phi) is 6.92. The topological polar surface area (TPSA) is 105 Å². The van der Waals surface area contributed by atoms with E-state index in [9.17, 15) is 18.0 Å². The minimum absolute atomic E-state index is 0.0643. The lowest BCUT2D eigenvalue weighted by molar-refractivity contribution is -0.137. The van der Waals surface area contributed by atoms with Gasteiger partial charge in [-0.1, -0.05) is 13.8 Å². The van der Waals surface area contributed by atoms with Gasteiger partial charge >= 0.3 is 0 Å². The van der Waals surface area contributed by atoms with Gasteiger partial charge in [0.1, 0.15) is 6.04 Å². The summed E-state index contributed by atoms with van der Waals surface area (Å²) in [5.41, 5.74) is 1.44. The molecule has 0 aliphatic carbocycles. The van der Waals surface area contributed by atoms with Crippen molar-refractivity contribution in [3.63, 3.8) is 0 Å². The van der Waals surface area contributed by atoms with E-state index in [1.54, 1.807) is 17.0 Å². The molecule has 2 aliphatic rings. The van der Waals surface area contributed by atoms with Crippen molar-refractivity contribution in [2.45, 2.75) is 50.5 Å². The Morgan fingerprint density at radius 2 is 1.97 bits per heavy atom. The molecule has 2 heterocycles. The van der Waals surface area contributed by atoms with E-state index in [2.05, 4.69) is 10.0 Å². The first-order valence-corrected chi connectivity index (χ1v) is 11.6. The van der Waals surface area contributed by atoms with Crippen molar-refractivity contribution >= 4 is 27.5 Å². The number of anilines is 1. The van der Waals surface area contributed by atoms with E-state index in [4.69, 9.17) is 4.74 Å². The third-order valence-electron chi connectivity index (χ3n) is 5.14. The van der Waals surface area contributed by atoms with Gasteiger partial charge in [-0.05, 0) is 48.9 Å². The number of sulfonamides is 1. The second-order valence-corrected chi connectivity index (χ2v) is 9.68. The maximum atomic E-state index is 13.1. The maximum Gasteiger partial charge on any atom is 0.241 e. The zero-order valence-electron chi connectivity index (χ0n) is 16.9. The van der Waals surface area contributed by atoms with Gasteiger partial charge in [0, 0.05) is 25.2 Å². The van der Waals surface area contributed by atoms with Crippen molar-refractivity contribution in [2.75, 3.05) is 31.6 Å². The molecule has 2 N–H and O–H groups in total. The van der Waals surface area contributed by atoms with Crippen molar-refractivity contribution in [2.24, 2.45) is 5.92 Å². The number of benzene rings is 1. The van der Waals surface area contributed by atoms with Crippen LogP contribution in [0.3, 0.4) is 0 Å². The molecule has 1 saturated heterocycles. The molecular formula is C20H29N3O5S. The Bertz CT molecular complexity index is 863. The van der Waals surface area contributed by atoms with Gasteiger partial charge in [0.2, 0.25) is 21.8 Å². The molecule has 2 amide bonds. The molecule has 2 aliphatic heterocycles. The van der Waals surface area contributed by atoms with E-state index in [-0.39, 0.29) is 22.6 Å². The molecule has 0 aromatic heterocycles. The number of carbonyl (C=O) groups is 2. The molecular weight excluding hydrogens is 394 g/mol. The third-order valence-corrected chi connectivity index (χ3v) is 6.61. The molecule has 1 aromatic rings. The molecule has 8 nitrogen and oxygen atoms in total. The highest BCUT2D eigenvalue weighted by molar-refractivity contribution is 7.89. The molecule has 1 atom stereocenters. The van der Waals surface area contributed by atoms with Crippen LogP contribution >= 0.6 is 0 Å². The zero-order valence-corrected chi connectivity index (χ0v) is 17.8. The summed E-state index contributed by atoms with van der Waals surface area (Å²) >= 11 is 0. The van der Waals surface area contributed by atoms with Crippen LogP contribution in [0.25, 0.3) is 0 Å². The number of nitrogens with one attached hydrogen (secondary N) is 2. The Balaban J connectivity index is 1.81. The van der Waals surface area contributed by atoms with Gasteiger partial charge < -0.3 is 15.0 Å². The molecule has 0 spiro atoms. The van der Waals surface area contributed by atoms with Crippen molar-refractivity contribution < 1.29 is 22.7 Å². The van der Waals surface area contributed by atoms with Gasteiger partial charge in [-0.25, -0.2) is 8.42 Å². The summed E-state index contributed by atoms with van der Waals surface area (Å²) in [4.78, 5) is 26.4. The molecule has 3 rings (SSSR count). The molecule has 160 valence electrons. The highest BCUT2D eigenvalue weighted by atomic mass is 32.2. The van der Waals surface area contributed by atoms with Crippen LogP contribution in [0.4, 0.5) is 5.69 Å². The number of ether oxygens (including phenoxy) is 1. The second-order valence-electron chi connectivity index (χ2n) is 7.96. The van der Waals surface area contributed by atoms with E-state index in [0.29, 0.717) is 57.7 Å². The first kappa shape index (κ1) is 21.7. The quantitative estimate of drug-likeness (QED) is 0.722. The van der Waals surface area contributed by atoms with Crippen molar-refractivity contribution in [1.29, 1.82) is 0 Å². The number of aryl methyl sites for hydroxylation is 1. The van der Waals surface area contributed by atoms with Crippen molar-refractivity contribution in [3.8, 4) is 0 Å². The number of fused-ring (bicyclic) bond motifs is 1. The van der Waals surface area contributed by atoms with E-state index in [1.807, 2.05) is 13.8 Å². The number of morpholine rings is 1. The lowest BCUT2D eigenvalue weighted by Crippen LogP contribution is -2.52. The minimum atomic E-state index is -3.89. The Morgan fingerprint density at radius 3 is 2.66 bits per heavy atom. The highest BCUT2D eigenvalue weighted by Gasteiger charge is 2.31. The molecule has 0 radical (unpaired) electrons. The van der Waals surface area contributed by atoms with E-state index in [0.717, 1.165) is 5.56 Å². The predicted octanol–water partition coefficient (Wildman–Crippen LogP) is 1.51. The Hall–Kier alpha value is -1.97. The van der Waals surface area contributed by atoms with E-state index in [1.165, 1.54) is 6.07 Å². The van der Waals surface area contributed by atoms with Crippen LogP contribution in [-0.2, 0) is 30.8 Å². The van der Waals surface area contributed by atoms with Gasteiger partial charge in [-0.15, -0.1) is 0 Å². The minimum Gasteiger partial charge on any atom is -0.378 e. The summed E-state index contributed by atoms with van der Waals surface area (Å²) in [5.74, 6) is -0.131. The number of hydrogen-bond donors (Lipinski definition) is 2. The summed E-state index contributed by atoms with van der Waals surface area (Å²) in [6.45, 7) is 5.77. The lowest BCUT2D eigenvalue weighted by Gasteiger charge is -2.31. The first-order valence-electron chi connectivity index (χ1n) is 10.1. The van der Waals surface area contributed by atoms with Gasteiger partial charge in [0.25, 0.3) is 0 Å². The fourth-order valence-corrected chi connectivity index (χ4v) is 4.90. The van der Waals surface area contributed by atoms with Crippen LogP contribution in [0.2, 0.25) is 0 Å². The van der Waals surface area contributed by atoms with Gasteiger partial charge in [0.05, 0.1) is 18.1 Å². The summed E-state index contributed by atoms with van der Waals surface area (Å²) < 4.78 is 34.0. The SMILES string of the molecule is CC(C)C[C@@H](NS(=O)(=O)c1ccc2c(c1)CCCC(=O)N2)C(=O)N1CCOCC1. The van der Waals surface area contributed by atoms with Crippen LogP contribution in [0, 0.1) is 5.92 Å². The van der Waals surface area contributed by atoms with Gasteiger partial charge in [0.15, 0.2) is 0 Å². The number of hydrogen-bond acceptors (Lipinski definition) is 5. The zero-order chi connectivity index (χ0) is 21.0. The fraction of sp³-hybridized carbons (Fsp3) is 0.600. The van der Waals surface area contributed by atoms with Crippen LogP contribution in [0.1, 0.15) is 38.7 Å². The van der Waals surface area contributed by atoms with Gasteiger partial charge in [-0.2, -0.15) is 4.72 Å². The lowest BCUT2D eigenvalue weighted by atomic mass is 10.0. The third kappa shape index (κ3) is 5.55. The molecule has 0 bridgehead atoms. The molecule has 0 saturated carbocycles. The van der Waals surface area contributed by atoms with Crippen LogP contribution < -0.4 is 10.0 Å². The predicted molar refractivity (Wildman–Crippen MR) is 109 cm³/mol. The number of rotatable bonds is 6. The standard InChI is InChI=1S/C20H29N3O5S/c1-14(2)12-18(20(25)23-8-10-28-11-9-23)22-29(26,27)16-6-7-17-15(13-16)4-3-5-19(24)21-17/h6-7,13-14,18,22H,3-5,8-12H2,1-2H3,(H,21,24)/t18-/m1/s1. The molecule has 29 heavy (non-hydrogen) atoms. The molecule has 1 aromatic carbocycles. The Labute approximate surface area is 172 Å². The highest BCUT2D eigenvalue weighted by Crippen LogP contribution is 2.25. The van der Waals surface area contributed by atoms with Crippen LogP contribution in [0.15, 0.2) is 23.1 Å². The van der Waals surface area contributed by atoms with Gasteiger partial charge in [-0.3, -0.25) is 9.59 Å². The molecule has 0 unspecified atom stereocenters. The summed E-state index contributed by atoms with van der Waals surface area (Å²) in [5, 5.41) is 2.80. The normalized spacial score (nSPS) is 18.7. The summed E-state index contributed by atoms with van der Waals surface area (Å²) in [7, 11) is -3.89. The molecule has 1 fully saturated rings. The van der Waals surface area contributed by atoms with Crippen LogP contribution in [0.5, 0.6) is 0 Å². The van der Waals surface area contributed by atoms with Crippen molar-refractivity contribution in [3.05, 3.63) is 23.8 Å². The monoisotopic (exact) mass is 423 g/mol. The average Bonchev–Trinajstić information content (AvgIpc) is 2.87. The fourth-order valence-electron chi connectivity index (χ4n) is 3.65. The average molecular weight is 424 g/mol. The second kappa shape index (κ2) is 9.23. The number of amides is 2. The Morgan fingerprint density at radius 1 is 1.24 bits per heavy atom. The summed E-state index contributed by atoms with van der Waals surface area (Å²) in [6.07, 6.45) is 2.12. The first-order chi connectivity index (χ1) is 13.8. The number of carbonyl (C=O) groups excluding carboxylic acids is 2. The summed E-state index contributed by atoms with van der Waals surface area (Å²) in [6, 6.07) is 3.86. The smallest absolute Gasteiger partial charge is 0.241 e. The van der Waals surface area contributed by atoms with Crippen LogP contribution in [-0.4, -0.2) is 57.5 Å². The molecule has 9 heteroatoms. The maximum absolute atomic E-state index is 13.1. The van der Waals surface area contributed by atoms with E-state index < -0.39 is 16.1 Å².